The fourth-order valence-electron chi connectivity index (χ4n) is 4.09. The average Bonchev–Trinajstić information content (AvgIpc) is 2.90. The van der Waals surface area contributed by atoms with E-state index in [1.165, 1.54) is 0 Å². The minimum absolute atomic E-state index is 0.00561. The van der Waals surface area contributed by atoms with Crippen LogP contribution >= 0.6 is 31.9 Å². The summed E-state index contributed by atoms with van der Waals surface area (Å²) in [5.74, 6) is 0.155. The molecule has 39 heavy (non-hydrogen) atoms. The average molecular weight is 658 g/mol. The molecule has 1 N–H and O–H groups in total. The van der Waals surface area contributed by atoms with Gasteiger partial charge in [-0.2, -0.15) is 0 Å². The third-order valence-electron chi connectivity index (χ3n) is 6.69. The molecule has 0 radical (unpaired) electrons. The van der Waals surface area contributed by atoms with Crippen LogP contribution in [-0.2, 0) is 28.0 Å². The molecule has 3 aromatic rings. The van der Waals surface area contributed by atoms with Gasteiger partial charge in [0.1, 0.15) is 11.8 Å². The zero-order valence-electron chi connectivity index (χ0n) is 23.3. The Labute approximate surface area is 249 Å². The number of nitrogens with one attached hydrogen (secondary N) is 1. The van der Waals surface area contributed by atoms with Crippen LogP contribution in [-0.4, -0.2) is 35.4 Å². The number of hydrogen-bond acceptors (Lipinski definition) is 3. The SMILES string of the molecule is CCC(C)NC(=O)C(Cc1ccccc1)N(Cc1ccc(Br)cc1)C(=O)COc1ccc(C(C)(C)C)cc1Br. The molecule has 0 spiro atoms. The van der Waals surface area contributed by atoms with Gasteiger partial charge in [0.15, 0.2) is 6.61 Å². The fraction of sp³-hybridized carbons (Fsp3) is 0.375. The van der Waals surface area contributed by atoms with Crippen LogP contribution in [0.25, 0.3) is 0 Å². The Balaban J connectivity index is 1.91. The summed E-state index contributed by atoms with van der Waals surface area (Å²) in [6.07, 6.45) is 1.20. The van der Waals surface area contributed by atoms with E-state index in [1.54, 1.807) is 4.90 Å². The highest BCUT2D eigenvalue weighted by Crippen LogP contribution is 2.31. The Morgan fingerprint density at radius 2 is 1.62 bits per heavy atom. The van der Waals surface area contributed by atoms with E-state index in [4.69, 9.17) is 4.74 Å². The molecule has 0 saturated heterocycles. The monoisotopic (exact) mass is 656 g/mol. The number of carbonyl (C=O) groups is 2. The molecule has 7 heteroatoms. The smallest absolute Gasteiger partial charge is 0.261 e. The molecule has 0 saturated carbocycles. The van der Waals surface area contributed by atoms with Crippen molar-refractivity contribution in [3.05, 3.63) is 98.4 Å². The minimum atomic E-state index is -0.701. The van der Waals surface area contributed by atoms with Crippen molar-refractivity contribution in [1.82, 2.24) is 10.2 Å². The summed E-state index contributed by atoms with van der Waals surface area (Å²) in [6, 6.07) is 22.8. The maximum absolute atomic E-state index is 13.8. The van der Waals surface area contributed by atoms with Gasteiger partial charge < -0.3 is 15.0 Å². The molecule has 0 bridgehead atoms. The summed E-state index contributed by atoms with van der Waals surface area (Å²) in [5, 5.41) is 3.09. The summed E-state index contributed by atoms with van der Waals surface area (Å²) in [5.41, 5.74) is 3.06. The molecule has 208 valence electrons. The molecule has 0 aromatic heterocycles. The van der Waals surface area contributed by atoms with Gasteiger partial charge in [-0.1, -0.05) is 92.2 Å². The highest BCUT2D eigenvalue weighted by molar-refractivity contribution is 9.10. The second-order valence-corrected chi connectivity index (χ2v) is 12.6. The zero-order valence-corrected chi connectivity index (χ0v) is 26.5. The van der Waals surface area contributed by atoms with Crippen molar-refractivity contribution in [1.29, 1.82) is 0 Å². The van der Waals surface area contributed by atoms with Crippen molar-refractivity contribution >= 4 is 43.7 Å². The standard InChI is InChI=1S/C32H38Br2N2O3/c1-6-22(2)35-31(38)28(18-23-10-8-7-9-11-23)36(20-24-12-15-26(33)16-13-24)30(37)21-39-29-17-14-25(19-27(29)34)32(3,4)5/h7-17,19,22,28H,6,18,20-21H2,1-5H3,(H,35,38). The Morgan fingerprint density at radius 3 is 2.21 bits per heavy atom. The van der Waals surface area contributed by atoms with Gasteiger partial charge in [-0.05, 0) is 75.6 Å². The van der Waals surface area contributed by atoms with E-state index >= 15 is 0 Å². The quantitative estimate of drug-likeness (QED) is 0.233. The maximum atomic E-state index is 13.8. The summed E-state index contributed by atoms with van der Waals surface area (Å²) >= 11 is 7.08. The molecule has 3 aromatic carbocycles. The Morgan fingerprint density at radius 1 is 0.949 bits per heavy atom. The van der Waals surface area contributed by atoms with Gasteiger partial charge in [0.05, 0.1) is 4.47 Å². The van der Waals surface area contributed by atoms with Crippen LogP contribution in [0.2, 0.25) is 0 Å². The van der Waals surface area contributed by atoms with Crippen LogP contribution in [0.4, 0.5) is 0 Å². The summed E-state index contributed by atoms with van der Waals surface area (Å²) in [4.78, 5) is 29.1. The Hall–Kier alpha value is -2.64. The van der Waals surface area contributed by atoms with Gasteiger partial charge in [-0.15, -0.1) is 0 Å². The van der Waals surface area contributed by atoms with Gasteiger partial charge >= 0.3 is 0 Å². The number of nitrogens with zero attached hydrogens (tertiary/aromatic N) is 1. The van der Waals surface area contributed by atoms with Gasteiger partial charge in [0, 0.05) is 23.5 Å². The van der Waals surface area contributed by atoms with Crippen LogP contribution in [0.1, 0.15) is 57.7 Å². The highest BCUT2D eigenvalue weighted by Gasteiger charge is 2.31. The topological polar surface area (TPSA) is 58.6 Å². The van der Waals surface area contributed by atoms with E-state index in [1.807, 2.05) is 86.6 Å². The van der Waals surface area contributed by atoms with Crippen molar-refractivity contribution in [2.75, 3.05) is 6.61 Å². The van der Waals surface area contributed by atoms with Crippen LogP contribution in [0, 0.1) is 0 Å². The normalized spacial score (nSPS) is 12.9. The molecular formula is C32H38Br2N2O3. The van der Waals surface area contributed by atoms with Gasteiger partial charge in [0.25, 0.3) is 5.91 Å². The first-order valence-electron chi connectivity index (χ1n) is 13.3. The lowest BCUT2D eigenvalue weighted by Crippen LogP contribution is -2.53. The van der Waals surface area contributed by atoms with Crippen LogP contribution in [0.5, 0.6) is 5.75 Å². The number of benzene rings is 3. The summed E-state index contributed by atoms with van der Waals surface area (Å²) < 4.78 is 7.75. The highest BCUT2D eigenvalue weighted by atomic mass is 79.9. The first kappa shape index (κ1) is 30.9. The third-order valence-corrected chi connectivity index (χ3v) is 7.84. The molecule has 0 aliphatic rings. The molecule has 3 rings (SSSR count). The van der Waals surface area contributed by atoms with E-state index < -0.39 is 6.04 Å². The molecule has 2 atom stereocenters. The molecule has 5 nitrogen and oxygen atoms in total. The zero-order chi connectivity index (χ0) is 28.6. The third kappa shape index (κ3) is 9.21. The second kappa shape index (κ2) is 14.1. The molecule has 0 fully saturated rings. The molecule has 2 unspecified atom stereocenters. The number of halogens is 2. The first-order valence-corrected chi connectivity index (χ1v) is 14.9. The minimum Gasteiger partial charge on any atom is -0.483 e. The lowest BCUT2D eigenvalue weighted by atomic mass is 9.87. The fourth-order valence-corrected chi connectivity index (χ4v) is 4.85. The van der Waals surface area contributed by atoms with Gasteiger partial charge in [-0.3, -0.25) is 9.59 Å². The largest absolute Gasteiger partial charge is 0.483 e. The Kier molecular flexibility index (Phi) is 11.2. The lowest BCUT2D eigenvalue weighted by Gasteiger charge is -2.32. The molecule has 2 amide bonds. The number of ether oxygens (including phenoxy) is 1. The van der Waals surface area contributed by atoms with Crippen molar-refractivity contribution in [3.8, 4) is 5.75 Å². The predicted octanol–water partition coefficient (Wildman–Crippen LogP) is 7.44. The van der Waals surface area contributed by atoms with E-state index in [9.17, 15) is 9.59 Å². The van der Waals surface area contributed by atoms with Crippen molar-refractivity contribution in [3.63, 3.8) is 0 Å². The van der Waals surface area contributed by atoms with E-state index in [0.29, 0.717) is 12.2 Å². The van der Waals surface area contributed by atoms with Crippen LogP contribution in [0.15, 0.2) is 81.7 Å². The molecular weight excluding hydrogens is 620 g/mol. The van der Waals surface area contributed by atoms with Crippen molar-refractivity contribution < 1.29 is 14.3 Å². The second-order valence-electron chi connectivity index (χ2n) is 10.9. The first-order chi connectivity index (χ1) is 18.5. The van der Waals surface area contributed by atoms with Crippen molar-refractivity contribution in [2.45, 2.75) is 71.5 Å². The number of hydrogen-bond donors (Lipinski definition) is 1. The molecule has 0 aliphatic heterocycles. The van der Waals surface area contributed by atoms with E-state index in [2.05, 4.69) is 57.9 Å². The number of rotatable bonds is 11. The summed E-state index contributed by atoms with van der Waals surface area (Å²) in [6.45, 7) is 10.5. The van der Waals surface area contributed by atoms with Crippen molar-refractivity contribution in [2.24, 2.45) is 0 Å². The maximum Gasteiger partial charge on any atom is 0.261 e. The Bertz CT molecular complexity index is 1240. The van der Waals surface area contributed by atoms with Crippen LogP contribution < -0.4 is 10.1 Å². The van der Waals surface area contributed by atoms with Gasteiger partial charge in [-0.25, -0.2) is 0 Å². The summed E-state index contributed by atoms with van der Waals surface area (Å²) in [7, 11) is 0. The van der Waals surface area contributed by atoms with E-state index in [0.717, 1.165) is 32.1 Å². The van der Waals surface area contributed by atoms with Crippen LogP contribution in [0.3, 0.4) is 0 Å². The molecule has 0 heterocycles. The number of amides is 2. The number of carbonyl (C=O) groups excluding carboxylic acids is 2. The predicted molar refractivity (Wildman–Crippen MR) is 165 cm³/mol. The lowest BCUT2D eigenvalue weighted by molar-refractivity contribution is -0.143. The van der Waals surface area contributed by atoms with E-state index in [-0.39, 0.29) is 36.4 Å². The van der Waals surface area contributed by atoms with Gasteiger partial charge in [0.2, 0.25) is 5.91 Å². The molecule has 0 aliphatic carbocycles.